The Morgan fingerprint density at radius 2 is 2.31 bits per heavy atom. The van der Waals surface area contributed by atoms with Gasteiger partial charge in [0.25, 0.3) is 0 Å². The highest BCUT2D eigenvalue weighted by Gasteiger charge is 2.11. The first-order valence-electron chi connectivity index (χ1n) is 4.77. The van der Waals surface area contributed by atoms with Crippen molar-refractivity contribution in [1.82, 2.24) is 19.6 Å². The number of nitrogens with one attached hydrogen (secondary N) is 1. The van der Waals surface area contributed by atoms with Crippen LogP contribution in [0.15, 0.2) is 10.9 Å². The summed E-state index contributed by atoms with van der Waals surface area (Å²) in [5, 5.41) is 6.30. The molecular formula is C9H13N5O2. The highest BCUT2D eigenvalue weighted by atomic mass is 16.5. The third-order valence-electron chi connectivity index (χ3n) is 2.13. The van der Waals surface area contributed by atoms with Gasteiger partial charge >= 0.3 is 5.69 Å². The number of methoxy groups -OCH3 is 1. The van der Waals surface area contributed by atoms with Gasteiger partial charge in [0, 0.05) is 27.3 Å². The normalized spacial score (nSPS) is 10.9. The van der Waals surface area contributed by atoms with Gasteiger partial charge in [-0.25, -0.2) is 19.3 Å². The predicted octanol–water partition coefficient (Wildman–Crippen LogP) is -0.370. The lowest BCUT2D eigenvalue weighted by atomic mass is 10.4. The van der Waals surface area contributed by atoms with Crippen LogP contribution in [0.4, 0.5) is 5.95 Å². The standard InChI is InChI=1S/C9H13N5O2/c1-13(2)8-10-6(5-16-3)4-7-11-12-9(15)14(7)8/h4H,5H2,1-3H3,(H,12,15). The second-order valence-corrected chi connectivity index (χ2v) is 3.60. The first-order valence-corrected chi connectivity index (χ1v) is 4.77. The van der Waals surface area contributed by atoms with Crippen molar-refractivity contribution < 1.29 is 4.74 Å². The van der Waals surface area contributed by atoms with Gasteiger partial charge in [-0.15, -0.1) is 0 Å². The van der Waals surface area contributed by atoms with Crippen LogP contribution in [0.1, 0.15) is 5.69 Å². The number of anilines is 1. The monoisotopic (exact) mass is 223 g/mol. The zero-order valence-electron chi connectivity index (χ0n) is 9.39. The minimum atomic E-state index is -0.296. The Balaban J connectivity index is 2.71. The number of rotatable bonds is 3. The van der Waals surface area contributed by atoms with Crippen LogP contribution in [-0.4, -0.2) is 40.8 Å². The van der Waals surface area contributed by atoms with Gasteiger partial charge < -0.3 is 9.64 Å². The molecule has 0 amide bonds. The average Bonchev–Trinajstić information content (AvgIpc) is 2.60. The number of aromatic amines is 1. The van der Waals surface area contributed by atoms with E-state index in [1.54, 1.807) is 18.1 Å². The van der Waals surface area contributed by atoms with E-state index >= 15 is 0 Å². The molecule has 0 atom stereocenters. The molecule has 0 aliphatic heterocycles. The summed E-state index contributed by atoms with van der Waals surface area (Å²) < 4.78 is 6.43. The van der Waals surface area contributed by atoms with E-state index in [-0.39, 0.29) is 5.69 Å². The fourth-order valence-corrected chi connectivity index (χ4v) is 1.48. The molecule has 0 unspecified atom stereocenters. The molecule has 0 aliphatic rings. The zero-order chi connectivity index (χ0) is 11.7. The molecule has 86 valence electrons. The van der Waals surface area contributed by atoms with Gasteiger partial charge in [-0.3, -0.25) is 0 Å². The van der Waals surface area contributed by atoms with Crippen LogP contribution in [-0.2, 0) is 11.3 Å². The summed E-state index contributed by atoms with van der Waals surface area (Å²) in [7, 11) is 5.23. The molecule has 0 aliphatic carbocycles. The lowest BCUT2D eigenvalue weighted by molar-refractivity contribution is 0.181. The Morgan fingerprint density at radius 1 is 1.56 bits per heavy atom. The maximum absolute atomic E-state index is 11.5. The van der Waals surface area contributed by atoms with Crippen LogP contribution in [0.25, 0.3) is 5.65 Å². The molecule has 2 rings (SSSR count). The van der Waals surface area contributed by atoms with Crippen LogP contribution in [0.5, 0.6) is 0 Å². The molecule has 7 heteroatoms. The summed E-state index contributed by atoms with van der Waals surface area (Å²) in [5.41, 5.74) is 0.976. The lowest BCUT2D eigenvalue weighted by Crippen LogP contribution is -2.22. The van der Waals surface area contributed by atoms with Crippen LogP contribution < -0.4 is 10.6 Å². The number of hydrogen-bond donors (Lipinski definition) is 1. The average molecular weight is 223 g/mol. The third-order valence-corrected chi connectivity index (χ3v) is 2.13. The second-order valence-electron chi connectivity index (χ2n) is 3.60. The van der Waals surface area contributed by atoms with Crippen molar-refractivity contribution in [3.8, 4) is 0 Å². The quantitative estimate of drug-likeness (QED) is 0.768. The predicted molar refractivity (Wildman–Crippen MR) is 58.6 cm³/mol. The van der Waals surface area contributed by atoms with Crippen LogP contribution in [0.2, 0.25) is 0 Å². The van der Waals surface area contributed by atoms with Gasteiger partial charge in [-0.2, -0.15) is 5.10 Å². The van der Waals surface area contributed by atoms with E-state index in [0.717, 1.165) is 5.69 Å². The Kier molecular flexibility index (Phi) is 2.61. The van der Waals surface area contributed by atoms with Crippen molar-refractivity contribution in [1.29, 1.82) is 0 Å². The molecule has 0 spiro atoms. The molecule has 0 radical (unpaired) electrons. The molecule has 0 aromatic carbocycles. The van der Waals surface area contributed by atoms with E-state index in [0.29, 0.717) is 18.2 Å². The van der Waals surface area contributed by atoms with Gasteiger partial charge in [-0.05, 0) is 0 Å². The van der Waals surface area contributed by atoms with Gasteiger partial charge in [0.2, 0.25) is 5.95 Å². The number of nitrogens with zero attached hydrogens (tertiary/aromatic N) is 4. The summed E-state index contributed by atoms with van der Waals surface area (Å²) in [6, 6.07) is 1.72. The van der Waals surface area contributed by atoms with Crippen LogP contribution in [0.3, 0.4) is 0 Å². The summed E-state index contributed by atoms with van der Waals surface area (Å²) in [5.74, 6) is 0.531. The summed E-state index contributed by atoms with van der Waals surface area (Å²) in [6.45, 7) is 0.387. The number of ether oxygens (including phenoxy) is 1. The van der Waals surface area contributed by atoms with Gasteiger partial charge in [0.05, 0.1) is 12.3 Å². The Bertz CT molecular complexity index is 557. The second kappa shape index (κ2) is 3.93. The summed E-state index contributed by atoms with van der Waals surface area (Å²) >= 11 is 0. The van der Waals surface area contributed by atoms with E-state index in [4.69, 9.17) is 4.74 Å². The fraction of sp³-hybridized carbons (Fsp3) is 0.444. The smallest absolute Gasteiger partial charge is 0.350 e. The number of fused-ring (bicyclic) bond motifs is 1. The highest BCUT2D eigenvalue weighted by molar-refractivity contribution is 5.46. The van der Waals surface area contributed by atoms with Crippen molar-refractivity contribution in [2.24, 2.45) is 0 Å². The summed E-state index contributed by atoms with van der Waals surface area (Å²) in [4.78, 5) is 17.6. The van der Waals surface area contributed by atoms with E-state index in [1.807, 2.05) is 14.1 Å². The van der Waals surface area contributed by atoms with E-state index < -0.39 is 0 Å². The van der Waals surface area contributed by atoms with Crippen molar-refractivity contribution in [3.05, 3.63) is 22.2 Å². The molecule has 0 bridgehead atoms. The maximum atomic E-state index is 11.5. The molecule has 7 nitrogen and oxygen atoms in total. The molecular weight excluding hydrogens is 210 g/mol. The third kappa shape index (κ3) is 1.65. The molecule has 0 saturated heterocycles. The first-order chi connectivity index (χ1) is 7.63. The summed E-state index contributed by atoms with van der Waals surface area (Å²) in [6.07, 6.45) is 0. The number of H-pyrrole nitrogens is 1. The topological polar surface area (TPSA) is 75.5 Å². The molecule has 16 heavy (non-hydrogen) atoms. The van der Waals surface area contributed by atoms with E-state index in [1.165, 1.54) is 4.40 Å². The van der Waals surface area contributed by atoms with Gasteiger partial charge in [0.15, 0.2) is 5.65 Å². The SMILES string of the molecule is COCc1cc2n[nH]c(=O)n2c(N(C)C)n1. The van der Waals surface area contributed by atoms with Crippen LogP contribution in [0, 0.1) is 0 Å². The highest BCUT2D eigenvalue weighted by Crippen LogP contribution is 2.10. The Hall–Kier alpha value is -1.89. The minimum absolute atomic E-state index is 0.296. The van der Waals surface area contributed by atoms with Crippen LogP contribution >= 0.6 is 0 Å². The van der Waals surface area contributed by atoms with E-state index in [9.17, 15) is 4.79 Å². The zero-order valence-corrected chi connectivity index (χ0v) is 9.39. The van der Waals surface area contributed by atoms with Crippen molar-refractivity contribution in [3.63, 3.8) is 0 Å². The minimum Gasteiger partial charge on any atom is -0.378 e. The maximum Gasteiger partial charge on any atom is 0.350 e. The molecule has 1 N–H and O–H groups in total. The molecule has 2 aromatic rings. The van der Waals surface area contributed by atoms with Crippen molar-refractivity contribution >= 4 is 11.6 Å². The lowest BCUT2D eigenvalue weighted by Gasteiger charge is -2.13. The number of hydrogen-bond acceptors (Lipinski definition) is 5. The van der Waals surface area contributed by atoms with Crippen molar-refractivity contribution in [2.45, 2.75) is 6.61 Å². The van der Waals surface area contributed by atoms with Gasteiger partial charge in [0.1, 0.15) is 0 Å². The largest absolute Gasteiger partial charge is 0.378 e. The molecule has 2 aromatic heterocycles. The molecule has 0 fully saturated rings. The Morgan fingerprint density at radius 3 is 2.94 bits per heavy atom. The number of aromatic nitrogens is 4. The van der Waals surface area contributed by atoms with E-state index in [2.05, 4.69) is 15.2 Å². The van der Waals surface area contributed by atoms with Gasteiger partial charge in [-0.1, -0.05) is 0 Å². The molecule has 2 heterocycles. The molecule has 0 saturated carbocycles. The Labute approximate surface area is 91.7 Å². The van der Waals surface area contributed by atoms with Crippen molar-refractivity contribution in [2.75, 3.05) is 26.1 Å². The first kappa shape index (κ1) is 10.6. The fourth-order valence-electron chi connectivity index (χ4n) is 1.48.